The predicted molar refractivity (Wildman–Crippen MR) is 73.5 cm³/mol. The molecule has 0 spiro atoms. The highest BCUT2D eigenvalue weighted by atomic mass is 16.7. The van der Waals surface area contributed by atoms with E-state index < -0.39 is 0 Å². The minimum Gasteiger partial charge on any atom is -0.462 e. The van der Waals surface area contributed by atoms with Gasteiger partial charge in [0, 0.05) is 6.92 Å². The van der Waals surface area contributed by atoms with Crippen LogP contribution in [0.4, 0.5) is 0 Å². The van der Waals surface area contributed by atoms with E-state index in [0.29, 0.717) is 0 Å². The smallest absolute Gasteiger partial charge is 0.302 e. The Morgan fingerprint density at radius 1 is 1.24 bits per heavy atom. The van der Waals surface area contributed by atoms with Gasteiger partial charge in [-0.15, -0.1) is 0 Å². The van der Waals surface area contributed by atoms with Crippen LogP contribution in [-0.2, 0) is 19.0 Å². The van der Waals surface area contributed by atoms with Crippen LogP contribution in [0.5, 0.6) is 0 Å². The van der Waals surface area contributed by atoms with E-state index in [4.69, 9.17) is 19.3 Å². The lowest BCUT2D eigenvalue weighted by Crippen LogP contribution is -2.04. The highest BCUT2D eigenvalue weighted by Crippen LogP contribution is 2.38. The van der Waals surface area contributed by atoms with Crippen LogP contribution in [0.3, 0.4) is 0 Å². The molecule has 0 aromatic carbocycles. The number of carbonyl (C=O) groups is 1. The van der Waals surface area contributed by atoms with E-state index >= 15 is 0 Å². The van der Waals surface area contributed by atoms with Crippen molar-refractivity contribution in [1.29, 1.82) is 0 Å². The standard InChI is InChI=1S/C16H14O5/c1-12(18)19-11-7-9-14-16(21-14)15-13(20-15)8-5-3-2-4-6-10-17/h7,9,13-17H,10-11H2,1H3/b9-7+/t13-,14-,15-,16+/m0/s1. The Morgan fingerprint density at radius 2 is 2.05 bits per heavy atom. The van der Waals surface area contributed by atoms with Gasteiger partial charge < -0.3 is 19.3 Å². The third kappa shape index (κ3) is 5.34. The van der Waals surface area contributed by atoms with E-state index in [9.17, 15) is 4.79 Å². The van der Waals surface area contributed by atoms with Crippen molar-refractivity contribution in [2.24, 2.45) is 0 Å². The first-order chi connectivity index (χ1) is 10.2. The van der Waals surface area contributed by atoms with Crippen LogP contribution in [0.15, 0.2) is 12.2 Å². The summed E-state index contributed by atoms with van der Waals surface area (Å²) >= 11 is 0. The van der Waals surface area contributed by atoms with Gasteiger partial charge in [-0.05, 0) is 29.8 Å². The summed E-state index contributed by atoms with van der Waals surface area (Å²) in [5, 5.41) is 8.41. The summed E-state index contributed by atoms with van der Waals surface area (Å²) in [6.45, 7) is 1.41. The molecule has 5 nitrogen and oxygen atoms in total. The summed E-state index contributed by atoms with van der Waals surface area (Å²) in [6.07, 6.45) is 3.44. The summed E-state index contributed by atoms with van der Waals surface area (Å²) in [4.78, 5) is 10.6. The average molecular weight is 286 g/mol. The maximum absolute atomic E-state index is 10.6. The first-order valence-corrected chi connectivity index (χ1v) is 6.42. The zero-order chi connectivity index (χ0) is 15.1. The monoisotopic (exact) mass is 286 g/mol. The second-order valence-electron chi connectivity index (χ2n) is 4.30. The van der Waals surface area contributed by atoms with E-state index in [1.807, 2.05) is 6.08 Å². The molecule has 0 amide bonds. The van der Waals surface area contributed by atoms with Gasteiger partial charge in [-0.2, -0.15) is 0 Å². The molecule has 5 heteroatoms. The van der Waals surface area contributed by atoms with Crippen LogP contribution in [-0.4, -0.2) is 48.7 Å². The van der Waals surface area contributed by atoms with Gasteiger partial charge in [0.1, 0.15) is 37.6 Å². The normalized spacial score (nSPS) is 28.3. The Morgan fingerprint density at radius 3 is 2.81 bits per heavy atom. The van der Waals surface area contributed by atoms with Gasteiger partial charge in [0.05, 0.1) is 0 Å². The predicted octanol–water partition coefficient (Wildman–Crippen LogP) is -0.357. The molecule has 2 rings (SSSR count). The quantitative estimate of drug-likeness (QED) is 0.331. The molecule has 0 saturated carbocycles. The van der Waals surface area contributed by atoms with E-state index in [0.717, 1.165) is 0 Å². The van der Waals surface area contributed by atoms with Gasteiger partial charge in [0.2, 0.25) is 0 Å². The molecule has 0 aromatic heterocycles. The molecular weight excluding hydrogens is 272 g/mol. The van der Waals surface area contributed by atoms with Gasteiger partial charge in [-0.3, -0.25) is 4.79 Å². The second-order valence-corrected chi connectivity index (χ2v) is 4.30. The number of carbonyl (C=O) groups excluding carboxylic acids is 1. The number of epoxide rings is 2. The van der Waals surface area contributed by atoms with Crippen molar-refractivity contribution >= 4 is 5.97 Å². The fourth-order valence-electron chi connectivity index (χ4n) is 1.65. The summed E-state index contributed by atoms with van der Waals surface area (Å²) < 4.78 is 15.6. The molecule has 0 aliphatic carbocycles. The summed E-state index contributed by atoms with van der Waals surface area (Å²) in [5.74, 6) is 15.1. The summed E-state index contributed by atoms with van der Waals surface area (Å²) in [5.41, 5.74) is 0. The third-order valence-electron chi connectivity index (χ3n) is 2.69. The Bertz CT molecular complexity index is 602. The number of aliphatic hydroxyl groups excluding tert-OH is 1. The zero-order valence-electron chi connectivity index (χ0n) is 11.5. The van der Waals surface area contributed by atoms with Crippen molar-refractivity contribution in [3.63, 3.8) is 0 Å². The van der Waals surface area contributed by atoms with E-state index in [1.165, 1.54) is 6.92 Å². The van der Waals surface area contributed by atoms with Gasteiger partial charge in [0.15, 0.2) is 0 Å². The highest BCUT2D eigenvalue weighted by molar-refractivity contribution is 5.66. The molecule has 2 aliphatic rings. The minimum atomic E-state index is -0.307. The summed E-state index contributed by atoms with van der Waals surface area (Å²) in [7, 11) is 0. The number of rotatable bonds is 4. The summed E-state index contributed by atoms with van der Waals surface area (Å²) in [6, 6.07) is 0. The van der Waals surface area contributed by atoms with Gasteiger partial charge in [0.25, 0.3) is 0 Å². The molecule has 2 aliphatic heterocycles. The third-order valence-corrected chi connectivity index (χ3v) is 2.69. The molecule has 0 unspecified atom stereocenters. The average Bonchev–Trinajstić information content (AvgIpc) is 3.33. The lowest BCUT2D eigenvalue weighted by Gasteiger charge is -1.93. The lowest BCUT2D eigenvalue weighted by atomic mass is 10.2. The molecule has 2 fully saturated rings. The molecular formula is C16H14O5. The van der Waals surface area contributed by atoms with Crippen LogP contribution in [0.2, 0.25) is 0 Å². The SMILES string of the molecule is CC(=O)OC/C=C/[C@@H]1O[C@H]1[C@H]1O[C@H]1C#CC#CC#CCO. The van der Waals surface area contributed by atoms with Crippen molar-refractivity contribution < 1.29 is 24.1 Å². The van der Waals surface area contributed by atoms with Gasteiger partial charge in [-0.1, -0.05) is 17.9 Å². The Hall–Kier alpha value is -2.23. The highest BCUT2D eigenvalue weighted by Gasteiger charge is 2.56. The van der Waals surface area contributed by atoms with Crippen LogP contribution < -0.4 is 0 Å². The molecule has 4 atom stereocenters. The largest absolute Gasteiger partial charge is 0.462 e. The van der Waals surface area contributed by atoms with E-state index in [2.05, 4.69) is 35.5 Å². The number of hydrogen-bond donors (Lipinski definition) is 1. The Kier molecular flexibility index (Phi) is 5.43. The first-order valence-electron chi connectivity index (χ1n) is 6.42. The molecule has 2 heterocycles. The van der Waals surface area contributed by atoms with Crippen LogP contribution in [0, 0.1) is 35.5 Å². The molecule has 108 valence electrons. The van der Waals surface area contributed by atoms with Crippen molar-refractivity contribution in [2.45, 2.75) is 31.3 Å². The lowest BCUT2D eigenvalue weighted by molar-refractivity contribution is -0.139. The molecule has 2 saturated heterocycles. The number of ether oxygens (including phenoxy) is 3. The van der Waals surface area contributed by atoms with Gasteiger partial charge in [-0.25, -0.2) is 0 Å². The van der Waals surface area contributed by atoms with Crippen molar-refractivity contribution in [3.05, 3.63) is 12.2 Å². The van der Waals surface area contributed by atoms with Crippen molar-refractivity contribution in [2.75, 3.05) is 13.2 Å². The van der Waals surface area contributed by atoms with E-state index in [-0.39, 0.29) is 43.6 Å². The number of hydrogen-bond acceptors (Lipinski definition) is 5. The fraction of sp³-hybridized carbons (Fsp3) is 0.438. The molecule has 21 heavy (non-hydrogen) atoms. The maximum atomic E-state index is 10.6. The minimum absolute atomic E-state index is 0.00105. The number of esters is 1. The Labute approximate surface area is 123 Å². The second kappa shape index (κ2) is 7.53. The number of aliphatic hydroxyl groups is 1. The van der Waals surface area contributed by atoms with Crippen LogP contribution in [0.1, 0.15) is 6.92 Å². The first kappa shape index (κ1) is 15.2. The fourth-order valence-corrected chi connectivity index (χ4v) is 1.65. The molecule has 0 aromatic rings. The van der Waals surface area contributed by atoms with Crippen molar-refractivity contribution in [1.82, 2.24) is 0 Å². The Balaban J connectivity index is 1.65. The maximum Gasteiger partial charge on any atom is 0.302 e. The topological polar surface area (TPSA) is 71.6 Å². The molecule has 1 N–H and O–H groups in total. The van der Waals surface area contributed by atoms with E-state index in [1.54, 1.807) is 6.08 Å². The van der Waals surface area contributed by atoms with Gasteiger partial charge >= 0.3 is 5.97 Å². The van der Waals surface area contributed by atoms with Crippen molar-refractivity contribution in [3.8, 4) is 35.5 Å². The molecule has 0 bridgehead atoms. The molecule has 0 radical (unpaired) electrons. The van der Waals surface area contributed by atoms with Crippen LogP contribution in [0.25, 0.3) is 0 Å². The zero-order valence-corrected chi connectivity index (χ0v) is 11.5. The van der Waals surface area contributed by atoms with Crippen LogP contribution >= 0.6 is 0 Å².